The Balaban J connectivity index is 1.98. The Bertz CT molecular complexity index is 191. The maximum atomic E-state index is 5.50. The molecule has 2 saturated heterocycles. The van der Waals surface area contributed by atoms with Crippen LogP contribution in [0.3, 0.4) is 0 Å². The minimum atomic E-state index is 0.128. The van der Waals surface area contributed by atoms with E-state index in [2.05, 4.69) is 0 Å². The molecule has 0 aromatic heterocycles. The Morgan fingerprint density at radius 2 is 2.27 bits per heavy atom. The van der Waals surface area contributed by atoms with Gasteiger partial charge in [0.25, 0.3) is 0 Å². The van der Waals surface area contributed by atoms with Crippen molar-refractivity contribution < 1.29 is 4.74 Å². The fraction of sp³-hybridized carbons (Fsp3) is 0.857. The molecule has 0 amide bonds. The normalized spacial score (nSPS) is 35.8. The van der Waals surface area contributed by atoms with Crippen molar-refractivity contribution >= 4 is 17.3 Å². The number of likely N-dealkylation sites (tertiary alicyclic amines) is 1. The molecule has 0 radical (unpaired) electrons. The summed E-state index contributed by atoms with van der Waals surface area (Å²) in [4.78, 5) is 2.02. The molecule has 2 aliphatic rings. The van der Waals surface area contributed by atoms with E-state index in [1.165, 1.54) is 6.42 Å². The third-order valence-electron chi connectivity index (χ3n) is 2.59. The predicted octanol–water partition coefficient (Wildman–Crippen LogP) is 0.0948. The van der Waals surface area contributed by atoms with Crippen LogP contribution in [0.25, 0.3) is 0 Å². The van der Waals surface area contributed by atoms with Crippen molar-refractivity contribution in [1.82, 2.24) is 4.90 Å². The van der Waals surface area contributed by atoms with Crippen molar-refractivity contribution in [3.05, 3.63) is 0 Å². The molecule has 0 saturated carbocycles. The van der Waals surface area contributed by atoms with Gasteiger partial charge in [-0.25, -0.2) is 0 Å². The van der Waals surface area contributed by atoms with Crippen LogP contribution in [0.15, 0.2) is 0 Å². The summed E-state index contributed by atoms with van der Waals surface area (Å²) in [6, 6.07) is 0. The van der Waals surface area contributed by atoms with E-state index in [9.17, 15) is 0 Å². The Morgan fingerprint density at radius 1 is 1.55 bits per heavy atom. The molecule has 0 aromatic carbocycles. The smallest absolute Gasteiger partial charge is 0.166 e. The molecule has 0 bridgehead atoms. The van der Waals surface area contributed by atoms with Crippen molar-refractivity contribution in [2.24, 2.45) is 5.73 Å². The summed E-state index contributed by atoms with van der Waals surface area (Å²) in [7, 11) is 0. The molecule has 11 heavy (non-hydrogen) atoms. The van der Waals surface area contributed by atoms with E-state index < -0.39 is 0 Å². The van der Waals surface area contributed by atoms with Gasteiger partial charge in [-0.15, -0.1) is 0 Å². The molecule has 2 rings (SSSR count). The summed E-state index contributed by atoms with van der Waals surface area (Å²) in [5, 5.41) is 0.511. The fourth-order valence-electron chi connectivity index (χ4n) is 1.75. The second-order valence-electron chi connectivity index (χ2n) is 3.29. The molecule has 4 heteroatoms. The van der Waals surface area contributed by atoms with Gasteiger partial charge in [-0.2, -0.15) is 0 Å². The number of nitrogens with two attached hydrogens (primary N) is 1. The number of nitrogens with zero attached hydrogens (tertiary/aromatic N) is 1. The molecule has 3 nitrogen and oxygen atoms in total. The molecule has 2 fully saturated rings. The SMILES string of the molecule is NC(=S)N1CCC2(CCO2)C1. The van der Waals surface area contributed by atoms with Gasteiger partial charge in [0.05, 0.1) is 12.2 Å². The van der Waals surface area contributed by atoms with E-state index in [1.54, 1.807) is 0 Å². The summed E-state index contributed by atoms with van der Waals surface area (Å²) in [6.07, 6.45) is 2.26. The predicted molar refractivity (Wildman–Crippen MR) is 46.3 cm³/mol. The maximum Gasteiger partial charge on any atom is 0.166 e. The Hall–Kier alpha value is -0.350. The summed E-state index contributed by atoms with van der Waals surface area (Å²) in [5.74, 6) is 0. The van der Waals surface area contributed by atoms with Crippen molar-refractivity contribution in [3.63, 3.8) is 0 Å². The van der Waals surface area contributed by atoms with E-state index in [0.29, 0.717) is 5.11 Å². The van der Waals surface area contributed by atoms with Crippen molar-refractivity contribution in [2.45, 2.75) is 18.4 Å². The van der Waals surface area contributed by atoms with E-state index in [0.717, 1.165) is 26.1 Å². The monoisotopic (exact) mass is 172 g/mol. The van der Waals surface area contributed by atoms with Crippen LogP contribution in [-0.2, 0) is 4.74 Å². The third kappa shape index (κ3) is 1.10. The standard InChI is InChI=1S/C7H12N2OS/c8-6(11)9-3-1-7(5-9)2-4-10-7/h1-5H2,(H2,8,11). The first kappa shape index (κ1) is 7.31. The minimum Gasteiger partial charge on any atom is -0.376 e. The summed E-state index contributed by atoms with van der Waals surface area (Å²) in [6.45, 7) is 2.78. The quantitative estimate of drug-likeness (QED) is 0.526. The van der Waals surface area contributed by atoms with E-state index >= 15 is 0 Å². The van der Waals surface area contributed by atoms with Crippen LogP contribution in [0.5, 0.6) is 0 Å². The molecule has 0 aromatic rings. The average molecular weight is 172 g/mol. The molecule has 1 unspecified atom stereocenters. The van der Waals surface area contributed by atoms with Crippen LogP contribution in [0.2, 0.25) is 0 Å². The molecular weight excluding hydrogens is 160 g/mol. The van der Waals surface area contributed by atoms with Gasteiger partial charge in [-0.1, -0.05) is 0 Å². The van der Waals surface area contributed by atoms with E-state index in [-0.39, 0.29) is 5.60 Å². The Morgan fingerprint density at radius 3 is 2.55 bits per heavy atom. The first-order chi connectivity index (χ1) is 5.22. The van der Waals surface area contributed by atoms with Gasteiger partial charge in [0.15, 0.2) is 5.11 Å². The molecule has 1 atom stereocenters. The third-order valence-corrected chi connectivity index (χ3v) is 2.85. The van der Waals surface area contributed by atoms with Crippen LogP contribution >= 0.6 is 12.2 Å². The number of rotatable bonds is 0. The van der Waals surface area contributed by atoms with Crippen LogP contribution in [0.4, 0.5) is 0 Å². The first-order valence-electron chi connectivity index (χ1n) is 3.90. The van der Waals surface area contributed by atoms with E-state index in [1.807, 2.05) is 4.90 Å². The fourth-order valence-corrected chi connectivity index (χ4v) is 1.90. The highest BCUT2D eigenvalue weighted by atomic mass is 32.1. The van der Waals surface area contributed by atoms with Crippen LogP contribution in [0.1, 0.15) is 12.8 Å². The van der Waals surface area contributed by atoms with Crippen molar-refractivity contribution in [1.29, 1.82) is 0 Å². The highest BCUT2D eigenvalue weighted by Gasteiger charge is 2.44. The lowest BCUT2D eigenvalue weighted by Gasteiger charge is -2.38. The Kier molecular flexibility index (Phi) is 1.54. The molecule has 2 heterocycles. The molecule has 2 N–H and O–H groups in total. The summed E-state index contributed by atoms with van der Waals surface area (Å²) >= 11 is 4.88. The maximum absolute atomic E-state index is 5.50. The lowest BCUT2D eigenvalue weighted by Crippen LogP contribution is -2.47. The number of hydrogen-bond acceptors (Lipinski definition) is 2. The van der Waals surface area contributed by atoms with Crippen molar-refractivity contribution in [2.75, 3.05) is 19.7 Å². The van der Waals surface area contributed by atoms with Gasteiger partial charge >= 0.3 is 0 Å². The topological polar surface area (TPSA) is 38.5 Å². The molecule has 62 valence electrons. The molecular formula is C7H12N2OS. The largest absolute Gasteiger partial charge is 0.376 e. The van der Waals surface area contributed by atoms with Gasteiger partial charge in [0, 0.05) is 19.5 Å². The van der Waals surface area contributed by atoms with Crippen LogP contribution < -0.4 is 5.73 Å². The summed E-state index contributed by atoms with van der Waals surface area (Å²) in [5.41, 5.74) is 5.63. The second kappa shape index (κ2) is 2.32. The molecule has 2 aliphatic heterocycles. The van der Waals surface area contributed by atoms with Gasteiger partial charge in [0.1, 0.15) is 0 Å². The zero-order chi connectivity index (χ0) is 7.90. The summed E-state index contributed by atoms with van der Waals surface area (Å²) < 4.78 is 5.50. The highest BCUT2D eigenvalue weighted by Crippen LogP contribution is 2.35. The molecule has 0 aliphatic carbocycles. The average Bonchev–Trinajstić information content (AvgIpc) is 2.28. The van der Waals surface area contributed by atoms with Gasteiger partial charge in [0.2, 0.25) is 0 Å². The van der Waals surface area contributed by atoms with Crippen LogP contribution in [0, 0.1) is 0 Å². The minimum absolute atomic E-state index is 0.128. The lowest BCUT2D eigenvalue weighted by atomic mass is 9.94. The van der Waals surface area contributed by atoms with Gasteiger partial charge in [-0.05, 0) is 18.6 Å². The zero-order valence-corrected chi connectivity index (χ0v) is 7.19. The van der Waals surface area contributed by atoms with Crippen LogP contribution in [-0.4, -0.2) is 35.3 Å². The first-order valence-corrected chi connectivity index (χ1v) is 4.31. The van der Waals surface area contributed by atoms with Gasteiger partial charge < -0.3 is 15.4 Å². The number of hydrogen-bond donors (Lipinski definition) is 1. The molecule has 1 spiro atoms. The van der Waals surface area contributed by atoms with Gasteiger partial charge in [-0.3, -0.25) is 0 Å². The zero-order valence-electron chi connectivity index (χ0n) is 6.38. The second-order valence-corrected chi connectivity index (χ2v) is 3.71. The number of thiocarbonyl (C=S) groups is 1. The number of ether oxygens (including phenoxy) is 1. The highest BCUT2D eigenvalue weighted by molar-refractivity contribution is 7.80. The van der Waals surface area contributed by atoms with E-state index in [4.69, 9.17) is 22.7 Å². The Labute approximate surface area is 71.5 Å². The van der Waals surface area contributed by atoms with Crippen molar-refractivity contribution in [3.8, 4) is 0 Å². The lowest BCUT2D eigenvalue weighted by molar-refractivity contribution is -0.135.